The number of methoxy groups -OCH3 is 2. The summed E-state index contributed by atoms with van der Waals surface area (Å²) in [6, 6.07) is 4.19. The second-order valence-electron chi connectivity index (χ2n) is 14.9. The minimum Gasteiger partial charge on any atom is -0.495 e. The number of aliphatic hydroxyl groups is 1. The summed E-state index contributed by atoms with van der Waals surface area (Å²) in [7, 11) is 2.25. The molecule has 1 fully saturated rings. The lowest BCUT2D eigenvalue weighted by atomic mass is 9.82. The number of halogens is 1. The molecule has 13 heteroatoms. The number of rotatable bonds is 8. The quantitative estimate of drug-likeness (QED) is 0.187. The maximum absolute atomic E-state index is 14.0. The molecular formula is C37H56ClNO10Si. The topological polar surface area (TPSA) is 144 Å². The number of allylic oxidation sites excluding steroid dienone is 3. The van der Waals surface area contributed by atoms with E-state index in [1.54, 1.807) is 40.1 Å². The van der Waals surface area contributed by atoms with Crippen LogP contribution in [-0.4, -0.2) is 93.0 Å². The van der Waals surface area contributed by atoms with Gasteiger partial charge in [-0.25, -0.2) is 0 Å². The zero-order chi connectivity index (χ0) is 37.8. The van der Waals surface area contributed by atoms with Crippen LogP contribution in [0.25, 0.3) is 0 Å². The third-order valence-corrected chi connectivity index (χ3v) is 11.8. The molecule has 1 aromatic rings. The predicted octanol–water partition coefficient (Wildman–Crippen LogP) is 5.92. The number of anilines is 1. The maximum Gasteiger partial charge on any atom is 0.306 e. The van der Waals surface area contributed by atoms with Gasteiger partial charge in [0.25, 0.3) is 0 Å². The molecule has 0 radical (unpaired) electrons. The van der Waals surface area contributed by atoms with Crippen molar-refractivity contribution in [1.82, 2.24) is 0 Å². The highest BCUT2D eigenvalue weighted by Crippen LogP contribution is 2.49. The number of esters is 2. The minimum atomic E-state index is -2.37. The minimum absolute atomic E-state index is 0.0192. The molecule has 2 aliphatic heterocycles. The van der Waals surface area contributed by atoms with Crippen LogP contribution in [0.15, 0.2) is 35.4 Å². The van der Waals surface area contributed by atoms with Gasteiger partial charge in [0.1, 0.15) is 34.7 Å². The summed E-state index contributed by atoms with van der Waals surface area (Å²) < 4.78 is 29.4. The Balaban J connectivity index is 2.13. The summed E-state index contributed by atoms with van der Waals surface area (Å²) >= 11 is 6.76. The molecule has 1 aromatic carbocycles. The van der Waals surface area contributed by atoms with Crippen LogP contribution < -0.4 is 9.64 Å². The molecule has 11 nitrogen and oxygen atoms in total. The zero-order valence-electron chi connectivity index (χ0n) is 31.4. The van der Waals surface area contributed by atoms with E-state index in [9.17, 15) is 24.3 Å². The molecule has 280 valence electrons. The van der Waals surface area contributed by atoms with Gasteiger partial charge in [-0.15, -0.1) is 0 Å². The van der Waals surface area contributed by atoms with Crippen LogP contribution in [0, 0.1) is 5.92 Å². The predicted molar refractivity (Wildman–Crippen MR) is 195 cm³/mol. The fourth-order valence-electron chi connectivity index (χ4n) is 6.56. The molecule has 2 heterocycles. The molecule has 1 amide bonds. The number of hydrogen-bond donors (Lipinski definition) is 2. The van der Waals surface area contributed by atoms with Gasteiger partial charge in [-0.2, -0.15) is 0 Å². The summed E-state index contributed by atoms with van der Waals surface area (Å²) in [5.74, 6) is -1.49. The summed E-state index contributed by atoms with van der Waals surface area (Å²) in [6.07, 6.45) is 1.33. The first kappa shape index (κ1) is 41.7. The third-order valence-electron chi connectivity index (χ3n) is 9.89. The van der Waals surface area contributed by atoms with Gasteiger partial charge in [-0.3, -0.25) is 14.4 Å². The largest absolute Gasteiger partial charge is 0.495 e. The molecule has 7 atom stereocenters. The molecule has 2 bridgehead atoms. The van der Waals surface area contributed by atoms with Gasteiger partial charge in [0.15, 0.2) is 8.32 Å². The van der Waals surface area contributed by atoms with Crippen LogP contribution in [0.4, 0.5) is 5.69 Å². The Morgan fingerprint density at radius 1 is 1.16 bits per heavy atom. The molecule has 2 aliphatic rings. The first-order valence-corrected chi connectivity index (χ1v) is 20.7. The number of benzene rings is 1. The van der Waals surface area contributed by atoms with Crippen LogP contribution in [0.3, 0.4) is 0 Å². The number of hydrogen-bond acceptors (Lipinski definition) is 10. The molecule has 50 heavy (non-hydrogen) atoms. The Morgan fingerprint density at radius 2 is 1.82 bits per heavy atom. The van der Waals surface area contributed by atoms with Crippen molar-refractivity contribution in [2.24, 2.45) is 5.92 Å². The van der Waals surface area contributed by atoms with Crippen LogP contribution in [-0.2, 0) is 39.8 Å². The second kappa shape index (κ2) is 16.7. The molecular weight excluding hydrogens is 682 g/mol. The number of carbonyl (C=O) groups is 3. The lowest BCUT2D eigenvalue weighted by Crippen LogP contribution is -2.46. The number of amides is 1. The average Bonchev–Trinajstić information content (AvgIpc) is 3.71. The third kappa shape index (κ3) is 10.6. The van der Waals surface area contributed by atoms with E-state index in [0.29, 0.717) is 30.3 Å². The van der Waals surface area contributed by atoms with E-state index >= 15 is 0 Å². The van der Waals surface area contributed by atoms with Gasteiger partial charge < -0.3 is 38.5 Å². The highest BCUT2D eigenvalue weighted by atomic mass is 35.5. The van der Waals surface area contributed by atoms with Gasteiger partial charge in [-0.05, 0) is 77.4 Å². The Hall–Kier alpha value is -2.74. The first-order valence-electron chi connectivity index (χ1n) is 17.1. The number of ether oxygens (including phenoxy) is 5. The van der Waals surface area contributed by atoms with Gasteiger partial charge >= 0.3 is 11.9 Å². The molecule has 0 spiro atoms. The van der Waals surface area contributed by atoms with Crippen LogP contribution in [0.2, 0.25) is 24.2 Å². The van der Waals surface area contributed by atoms with E-state index < -0.39 is 61.8 Å². The molecule has 3 rings (SSSR count). The van der Waals surface area contributed by atoms with E-state index in [1.165, 1.54) is 26.0 Å². The summed E-state index contributed by atoms with van der Waals surface area (Å²) in [6.45, 7) is 14.1. The molecule has 0 aliphatic carbocycles. The number of carbonyl (C=O) groups excluding carboxylic acids is 3. The second-order valence-corrected chi connectivity index (χ2v) is 19.4. The zero-order valence-corrected chi connectivity index (χ0v) is 33.2. The van der Waals surface area contributed by atoms with Crippen molar-refractivity contribution < 1.29 is 48.0 Å². The standard InChI is InChI=1S/C37H56ClNO10Si/c1-22-14-15-30(46-9)36(5,43)21-29(47-25(4)40)24(3)35-37(6,49-35)31(48-33(42)13-12-16-50(10,11)44)20-32(41)39(7)27-18-26(17-23(22)2)19-28(45-8)34(27)38/h14-15,18-19,24,29-31,35,43-44H,12-13,16-17,20-21H2,1-11H3/b15-14+,23-22+/t24-,29+,30-,31+,35+,36+,37+/m1/s1. The average molecular weight is 738 g/mol. The number of nitrogens with zero attached hydrogens (tertiary/aromatic N) is 1. The molecule has 0 aromatic heterocycles. The van der Waals surface area contributed by atoms with Gasteiger partial charge in [0, 0.05) is 39.8 Å². The summed E-state index contributed by atoms with van der Waals surface area (Å²) in [5.41, 5.74) is 0.673. The van der Waals surface area contributed by atoms with E-state index in [1.807, 2.05) is 39.0 Å². The van der Waals surface area contributed by atoms with Gasteiger partial charge in [-0.1, -0.05) is 41.8 Å². The monoisotopic (exact) mass is 737 g/mol. The van der Waals surface area contributed by atoms with Crippen molar-refractivity contribution in [3.05, 3.63) is 46.0 Å². The Bertz CT molecular complexity index is 1470. The van der Waals surface area contributed by atoms with Crippen molar-refractivity contribution in [2.45, 2.75) is 128 Å². The first-order chi connectivity index (χ1) is 23.1. The maximum atomic E-state index is 14.0. The molecule has 0 saturated carbocycles. The van der Waals surface area contributed by atoms with Crippen molar-refractivity contribution in [1.29, 1.82) is 0 Å². The summed E-state index contributed by atoms with van der Waals surface area (Å²) in [4.78, 5) is 51.3. The van der Waals surface area contributed by atoms with E-state index in [-0.39, 0.29) is 30.2 Å². The lowest BCUT2D eigenvalue weighted by Gasteiger charge is -2.35. The lowest BCUT2D eigenvalue weighted by molar-refractivity contribution is -0.156. The Labute approximate surface area is 303 Å². The SMILES string of the molecule is COc1cc2cc(c1Cl)N(C)C(=O)C[C@H](OC(=O)CCC[Si](C)(C)O)[C@]1(C)O[C@H]1[C@H](C)[C@@H](OC(C)=O)C[C@](C)(O)[C@H](OC)/C=C/C(C)=C(\C)C2. The van der Waals surface area contributed by atoms with Gasteiger partial charge in [0.2, 0.25) is 5.91 Å². The normalized spacial score (nSPS) is 31.8. The van der Waals surface area contributed by atoms with Crippen molar-refractivity contribution >= 4 is 43.5 Å². The fourth-order valence-corrected chi connectivity index (χ4v) is 7.92. The van der Waals surface area contributed by atoms with E-state index in [2.05, 4.69) is 0 Å². The van der Waals surface area contributed by atoms with Crippen molar-refractivity contribution in [3.63, 3.8) is 0 Å². The highest BCUT2D eigenvalue weighted by molar-refractivity contribution is 6.69. The van der Waals surface area contributed by atoms with Crippen LogP contribution in [0.5, 0.6) is 5.75 Å². The van der Waals surface area contributed by atoms with E-state index in [0.717, 1.165) is 16.7 Å². The number of fused-ring (bicyclic) bond motifs is 3. The highest BCUT2D eigenvalue weighted by Gasteiger charge is 2.63. The number of epoxide rings is 1. The Morgan fingerprint density at radius 3 is 2.40 bits per heavy atom. The molecule has 1 saturated heterocycles. The smallest absolute Gasteiger partial charge is 0.306 e. The van der Waals surface area contributed by atoms with Crippen LogP contribution >= 0.6 is 11.6 Å². The van der Waals surface area contributed by atoms with E-state index in [4.69, 9.17) is 35.3 Å². The Kier molecular flexibility index (Phi) is 13.9. The van der Waals surface area contributed by atoms with Crippen molar-refractivity contribution in [2.75, 3.05) is 26.2 Å². The summed E-state index contributed by atoms with van der Waals surface area (Å²) in [5, 5.41) is 12.0. The fraction of sp³-hybridized carbons (Fsp3) is 0.649. The van der Waals surface area contributed by atoms with Crippen molar-refractivity contribution in [3.8, 4) is 5.75 Å². The molecule has 2 N–H and O–H groups in total. The molecule has 0 unspecified atom stereocenters. The van der Waals surface area contributed by atoms with Crippen LogP contribution in [0.1, 0.15) is 72.8 Å². The van der Waals surface area contributed by atoms with Gasteiger partial charge in [0.05, 0.1) is 30.9 Å².